The van der Waals surface area contributed by atoms with Crippen molar-refractivity contribution < 1.29 is 24.5 Å². The Morgan fingerprint density at radius 2 is 1.55 bits per heavy atom. The number of carbonyl (C=O) groups is 1. The maximum absolute atomic E-state index is 11.9. The first kappa shape index (κ1) is 32.7. The van der Waals surface area contributed by atoms with Gasteiger partial charge in [-0.05, 0) is 36.2 Å². The van der Waals surface area contributed by atoms with Crippen LogP contribution in [0.4, 0.5) is 0 Å². The summed E-state index contributed by atoms with van der Waals surface area (Å²) in [5.74, 6) is -0.709. The molecule has 1 aliphatic rings. The summed E-state index contributed by atoms with van der Waals surface area (Å²) in [5.41, 5.74) is 4.32. The fourth-order valence-corrected chi connectivity index (χ4v) is 5.22. The third kappa shape index (κ3) is 8.24. The normalized spacial score (nSPS) is 22.5. The molecule has 0 aromatic heterocycles. The number of nitrogens with zero attached hydrogens (tertiary/aromatic N) is 1. The highest BCUT2D eigenvalue weighted by molar-refractivity contribution is 6.76. The van der Waals surface area contributed by atoms with Crippen LogP contribution < -0.4 is 5.32 Å². The first-order valence-corrected chi connectivity index (χ1v) is 15.0. The largest absolute Gasteiger partial charge is 0.392 e. The van der Waals surface area contributed by atoms with Crippen LogP contribution in [0, 0.1) is 5.92 Å². The van der Waals surface area contributed by atoms with Gasteiger partial charge in [0.2, 0.25) is 0 Å². The minimum absolute atomic E-state index is 0.0128. The number of ether oxygens (including phenoxy) is 2. The van der Waals surface area contributed by atoms with Crippen LogP contribution in [0.15, 0.2) is 78.9 Å². The Balaban J connectivity index is 1.53. The first-order valence-electron chi connectivity index (χ1n) is 13.9. The van der Waals surface area contributed by atoms with Crippen LogP contribution in [0.2, 0.25) is 0 Å². The summed E-state index contributed by atoms with van der Waals surface area (Å²) >= 11 is 16.9. The van der Waals surface area contributed by atoms with Crippen LogP contribution >= 0.6 is 34.8 Å². The Morgan fingerprint density at radius 1 is 0.952 bits per heavy atom. The summed E-state index contributed by atoms with van der Waals surface area (Å²) in [7, 11) is 1.99. The van der Waals surface area contributed by atoms with Gasteiger partial charge in [-0.25, -0.2) is 0 Å². The molecule has 0 aliphatic carbocycles. The van der Waals surface area contributed by atoms with Gasteiger partial charge in [0.05, 0.1) is 24.9 Å². The zero-order valence-electron chi connectivity index (χ0n) is 23.8. The van der Waals surface area contributed by atoms with Crippen molar-refractivity contribution in [3.63, 3.8) is 0 Å². The maximum Gasteiger partial charge on any atom is 0.272 e. The van der Waals surface area contributed by atoms with Gasteiger partial charge in [0, 0.05) is 30.6 Å². The second kappa shape index (κ2) is 14.5. The van der Waals surface area contributed by atoms with Gasteiger partial charge in [-0.2, -0.15) is 0 Å². The molecular formula is C32H37Cl3N2O5. The van der Waals surface area contributed by atoms with Gasteiger partial charge in [-0.1, -0.05) is 121 Å². The minimum Gasteiger partial charge on any atom is -0.392 e. The van der Waals surface area contributed by atoms with E-state index in [1.54, 1.807) is 0 Å². The van der Waals surface area contributed by atoms with E-state index in [1.165, 1.54) is 0 Å². The molecule has 6 atom stereocenters. The van der Waals surface area contributed by atoms with E-state index in [0.29, 0.717) is 6.54 Å². The van der Waals surface area contributed by atoms with E-state index in [2.05, 4.69) is 17.1 Å². The smallest absolute Gasteiger partial charge is 0.272 e. The molecule has 0 spiro atoms. The van der Waals surface area contributed by atoms with E-state index in [-0.39, 0.29) is 37.3 Å². The monoisotopic (exact) mass is 634 g/mol. The number of aliphatic hydroxyl groups excluding tert-OH is 2. The van der Waals surface area contributed by atoms with Gasteiger partial charge in [-0.3, -0.25) is 9.69 Å². The molecular weight excluding hydrogens is 599 g/mol. The Morgan fingerprint density at radius 3 is 2.14 bits per heavy atom. The van der Waals surface area contributed by atoms with E-state index in [9.17, 15) is 15.0 Å². The molecule has 4 rings (SSSR count). The van der Waals surface area contributed by atoms with Crippen molar-refractivity contribution in [1.82, 2.24) is 10.2 Å². The lowest BCUT2D eigenvalue weighted by Gasteiger charge is -2.43. The second-order valence-electron chi connectivity index (χ2n) is 10.8. The average molecular weight is 636 g/mol. The van der Waals surface area contributed by atoms with Crippen LogP contribution in [0.1, 0.15) is 60.2 Å². The van der Waals surface area contributed by atoms with Crippen LogP contribution in [0.5, 0.6) is 0 Å². The van der Waals surface area contributed by atoms with Gasteiger partial charge < -0.3 is 25.0 Å². The fourth-order valence-electron chi connectivity index (χ4n) is 5.02. The number of nitrogens with one attached hydrogen (secondary N) is 1. The predicted molar refractivity (Wildman–Crippen MR) is 165 cm³/mol. The minimum atomic E-state index is -2.03. The van der Waals surface area contributed by atoms with Crippen LogP contribution in [0.3, 0.4) is 0 Å². The molecule has 42 heavy (non-hydrogen) atoms. The van der Waals surface area contributed by atoms with Gasteiger partial charge in [0.1, 0.15) is 0 Å². The van der Waals surface area contributed by atoms with Crippen molar-refractivity contribution in [2.24, 2.45) is 5.92 Å². The standard InChI is InChI=1S/C32H37Cl3N2O5/c1-20-27(18-37(3)21(2)28(39)24-7-5-4-6-8-24)41-30(42-29(20)25-13-11-23(19-38)12-14-25)26-15-9-22(10-16-26)17-36-31(40)32(33,34)35/h4-16,20-21,27-30,38-39H,17-19H2,1-3H3,(H,36,40)/t20-,21+,27+,28+,29+,30+/m1/s1. The first-order chi connectivity index (χ1) is 20.0. The second-order valence-corrected chi connectivity index (χ2v) is 13.1. The van der Waals surface area contributed by atoms with Crippen LogP contribution in [-0.4, -0.2) is 50.6 Å². The number of aliphatic hydroxyl groups is 2. The summed E-state index contributed by atoms with van der Waals surface area (Å²) in [4.78, 5) is 14.0. The molecule has 1 fully saturated rings. The van der Waals surface area contributed by atoms with E-state index in [1.807, 2.05) is 92.8 Å². The number of carbonyl (C=O) groups excluding carboxylic acids is 1. The number of hydrogen-bond donors (Lipinski definition) is 3. The van der Waals surface area contributed by atoms with Crippen molar-refractivity contribution in [3.8, 4) is 0 Å². The fraction of sp³-hybridized carbons (Fsp3) is 0.406. The van der Waals surface area contributed by atoms with Gasteiger partial charge in [0.25, 0.3) is 9.70 Å². The van der Waals surface area contributed by atoms with E-state index >= 15 is 0 Å². The topological polar surface area (TPSA) is 91.3 Å². The number of alkyl halides is 3. The van der Waals surface area contributed by atoms with Crippen molar-refractivity contribution >= 4 is 40.7 Å². The zero-order valence-corrected chi connectivity index (χ0v) is 26.1. The molecule has 0 unspecified atom stereocenters. The molecule has 3 aromatic carbocycles. The Kier molecular flexibility index (Phi) is 11.3. The Labute approximate surface area is 262 Å². The van der Waals surface area contributed by atoms with Gasteiger partial charge in [-0.15, -0.1) is 0 Å². The lowest BCUT2D eigenvalue weighted by molar-refractivity contribution is -0.276. The van der Waals surface area contributed by atoms with Gasteiger partial charge >= 0.3 is 0 Å². The number of likely N-dealkylation sites (N-methyl/N-ethyl adjacent to an activating group) is 1. The molecule has 7 nitrogen and oxygen atoms in total. The van der Waals surface area contributed by atoms with E-state index in [4.69, 9.17) is 44.3 Å². The third-order valence-electron chi connectivity index (χ3n) is 7.85. The number of rotatable bonds is 10. The Bertz CT molecular complexity index is 1290. The molecule has 10 heteroatoms. The van der Waals surface area contributed by atoms with Crippen LogP contribution in [0.25, 0.3) is 0 Å². The quantitative estimate of drug-likeness (QED) is 0.237. The summed E-state index contributed by atoms with van der Waals surface area (Å²) in [6.45, 7) is 4.85. The van der Waals surface area contributed by atoms with Crippen molar-refractivity contribution in [3.05, 3.63) is 107 Å². The highest BCUT2D eigenvalue weighted by atomic mass is 35.6. The Hall–Kier alpha value is -2.20. The molecule has 3 aromatic rings. The number of hydrogen-bond acceptors (Lipinski definition) is 6. The average Bonchev–Trinajstić information content (AvgIpc) is 3.00. The molecule has 226 valence electrons. The van der Waals surface area contributed by atoms with Crippen LogP contribution in [-0.2, 0) is 27.4 Å². The molecule has 1 saturated heterocycles. The zero-order chi connectivity index (χ0) is 30.4. The molecule has 1 heterocycles. The molecule has 0 radical (unpaired) electrons. The van der Waals surface area contributed by atoms with Crippen molar-refractivity contribution in [2.45, 2.75) is 61.4 Å². The van der Waals surface area contributed by atoms with E-state index < -0.39 is 22.1 Å². The highest BCUT2D eigenvalue weighted by Crippen LogP contribution is 2.42. The summed E-state index contributed by atoms with van der Waals surface area (Å²) in [6.07, 6.45) is -1.79. The SMILES string of the molecule is C[C@@H]1[C@H](CN(C)[C@@H](C)[C@H](O)c2ccccc2)O[C@H](c2ccc(CNC(=O)C(Cl)(Cl)Cl)cc2)O[C@@H]1c1ccc(CO)cc1. The predicted octanol–water partition coefficient (Wildman–Crippen LogP) is 6.01. The van der Waals surface area contributed by atoms with E-state index in [0.717, 1.165) is 27.8 Å². The van der Waals surface area contributed by atoms with Gasteiger partial charge in [0.15, 0.2) is 6.29 Å². The summed E-state index contributed by atoms with van der Waals surface area (Å²) < 4.78 is 11.1. The number of amides is 1. The molecule has 1 amide bonds. The number of halogens is 3. The maximum atomic E-state index is 11.9. The van der Waals surface area contributed by atoms with Crippen molar-refractivity contribution in [2.75, 3.05) is 13.6 Å². The summed E-state index contributed by atoms with van der Waals surface area (Å²) in [6, 6.07) is 24.8. The summed E-state index contributed by atoms with van der Waals surface area (Å²) in [5, 5.41) is 23.2. The third-order valence-corrected chi connectivity index (χ3v) is 8.36. The molecule has 1 aliphatic heterocycles. The number of benzene rings is 3. The lowest BCUT2D eigenvalue weighted by Crippen LogP contribution is -2.46. The van der Waals surface area contributed by atoms with Crippen molar-refractivity contribution in [1.29, 1.82) is 0 Å². The highest BCUT2D eigenvalue weighted by Gasteiger charge is 2.39. The molecule has 0 bridgehead atoms. The molecule has 3 N–H and O–H groups in total. The molecule has 0 saturated carbocycles. The lowest BCUT2D eigenvalue weighted by atomic mass is 9.89.